The first-order valence-corrected chi connectivity index (χ1v) is 13.5. The van der Waals surface area contributed by atoms with E-state index in [-0.39, 0.29) is 0 Å². The lowest BCUT2D eigenvalue weighted by molar-refractivity contribution is 1.11. The van der Waals surface area contributed by atoms with Crippen molar-refractivity contribution in [2.45, 2.75) is 0 Å². The fourth-order valence-corrected chi connectivity index (χ4v) is 6.35. The minimum atomic E-state index is 0.856. The third-order valence-corrected chi connectivity index (χ3v) is 8.10. The number of rotatable bonds is 2. The summed E-state index contributed by atoms with van der Waals surface area (Å²) in [5.41, 5.74) is 7.94. The molecule has 4 nitrogen and oxygen atoms in total. The highest BCUT2D eigenvalue weighted by molar-refractivity contribution is 6.14. The minimum absolute atomic E-state index is 0.856. The molecule has 3 heterocycles. The third-order valence-electron chi connectivity index (χ3n) is 8.10. The van der Waals surface area contributed by atoms with Crippen molar-refractivity contribution in [2.75, 3.05) is 0 Å². The molecule has 0 radical (unpaired) electrons. The summed E-state index contributed by atoms with van der Waals surface area (Å²) < 4.78 is 4.56. The number of para-hydroxylation sites is 2. The zero-order valence-electron chi connectivity index (χ0n) is 21.5. The average Bonchev–Trinajstić information content (AvgIpc) is 3.51. The number of hydrogen-bond donors (Lipinski definition) is 0. The maximum atomic E-state index is 5.48. The van der Waals surface area contributed by atoms with E-state index in [1.54, 1.807) is 0 Å². The summed E-state index contributed by atoms with van der Waals surface area (Å²) in [6, 6.07) is 47.0. The average molecular weight is 511 g/mol. The van der Waals surface area contributed by atoms with Crippen LogP contribution in [-0.2, 0) is 0 Å². The van der Waals surface area contributed by atoms with Gasteiger partial charge in [0, 0.05) is 21.5 Å². The van der Waals surface area contributed by atoms with E-state index < -0.39 is 0 Å². The van der Waals surface area contributed by atoms with Crippen LogP contribution in [0.4, 0.5) is 0 Å². The SMILES string of the molecule is c1ccc2c(-n3c4ccccc4c4nc5c6ccccc6n(-c6cccc7ccccc67)c5nc43)cccc2c1. The largest absolute Gasteiger partial charge is 0.292 e. The summed E-state index contributed by atoms with van der Waals surface area (Å²) in [5.74, 6) is 0. The Morgan fingerprint density at radius 2 is 0.750 bits per heavy atom. The van der Waals surface area contributed by atoms with Gasteiger partial charge < -0.3 is 0 Å². The maximum absolute atomic E-state index is 5.48. The number of fused-ring (bicyclic) bond motifs is 8. The van der Waals surface area contributed by atoms with Gasteiger partial charge in [0.15, 0.2) is 11.3 Å². The van der Waals surface area contributed by atoms with Crippen LogP contribution in [0.15, 0.2) is 133 Å². The molecule has 0 unspecified atom stereocenters. The van der Waals surface area contributed by atoms with Crippen LogP contribution < -0.4 is 0 Å². The van der Waals surface area contributed by atoms with Crippen molar-refractivity contribution in [2.24, 2.45) is 0 Å². The van der Waals surface area contributed by atoms with Crippen LogP contribution in [-0.4, -0.2) is 19.1 Å². The Morgan fingerprint density at radius 3 is 1.25 bits per heavy atom. The normalized spacial score (nSPS) is 12.0. The molecule has 0 spiro atoms. The maximum Gasteiger partial charge on any atom is 0.166 e. The summed E-state index contributed by atoms with van der Waals surface area (Å²) in [6.45, 7) is 0. The first-order valence-electron chi connectivity index (χ1n) is 13.5. The topological polar surface area (TPSA) is 35.6 Å². The number of nitrogens with zero attached hydrogens (tertiary/aromatic N) is 4. The number of hydrogen-bond acceptors (Lipinski definition) is 2. The van der Waals surface area contributed by atoms with Gasteiger partial charge in [-0.2, -0.15) is 0 Å². The summed E-state index contributed by atoms with van der Waals surface area (Å²) in [4.78, 5) is 10.9. The molecule has 0 aliphatic heterocycles. The molecular formula is C36H22N4. The lowest BCUT2D eigenvalue weighted by atomic mass is 10.1. The van der Waals surface area contributed by atoms with E-state index in [4.69, 9.17) is 9.97 Å². The van der Waals surface area contributed by atoms with Gasteiger partial charge >= 0.3 is 0 Å². The standard InChI is InChI=1S/C36H22N4/c1-3-15-25-23(11-1)13-9-21-29(25)39-31-19-7-5-17-27(31)33-35(39)38-36-34(37-33)28-18-6-8-20-32(28)40(36)30-22-10-14-24-12-2-4-16-26(24)30/h1-22H. The van der Waals surface area contributed by atoms with Crippen molar-refractivity contribution in [3.05, 3.63) is 133 Å². The van der Waals surface area contributed by atoms with E-state index in [1.807, 2.05) is 0 Å². The molecule has 0 amide bonds. The molecule has 0 saturated heterocycles. The Balaban J connectivity index is 1.49. The van der Waals surface area contributed by atoms with Crippen LogP contribution >= 0.6 is 0 Å². The molecule has 0 aliphatic rings. The fourth-order valence-electron chi connectivity index (χ4n) is 6.35. The number of benzene rings is 6. The van der Waals surface area contributed by atoms with Crippen molar-refractivity contribution >= 4 is 65.7 Å². The van der Waals surface area contributed by atoms with Crippen molar-refractivity contribution in [1.29, 1.82) is 0 Å². The second-order valence-corrected chi connectivity index (χ2v) is 10.3. The molecule has 186 valence electrons. The third kappa shape index (κ3) is 2.85. The predicted octanol–water partition coefficient (Wildman–Crippen LogP) is 8.98. The molecule has 9 rings (SSSR count). The Bertz CT molecular complexity index is 2270. The first kappa shape index (κ1) is 21.5. The second-order valence-electron chi connectivity index (χ2n) is 10.3. The lowest BCUT2D eigenvalue weighted by Crippen LogP contribution is -2.00. The zero-order chi connectivity index (χ0) is 26.2. The summed E-state index contributed by atoms with van der Waals surface area (Å²) in [7, 11) is 0. The predicted molar refractivity (Wildman–Crippen MR) is 166 cm³/mol. The van der Waals surface area contributed by atoms with Crippen LogP contribution in [0.1, 0.15) is 0 Å². The Kier molecular flexibility index (Phi) is 4.30. The Hall–Kier alpha value is -5.48. The van der Waals surface area contributed by atoms with Crippen LogP contribution in [0.5, 0.6) is 0 Å². The summed E-state index contributed by atoms with van der Waals surface area (Å²) in [6.07, 6.45) is 0. The molecule has 0 aliphatic carbocycles. The molecule has 3 aromatic heterocycles. The smallest absolute Gasteiger partial charge is 0.166 e. The molecule has 0 N–H and O–H groups in total. The minimum Gasteiger partial charge on any atom is -0.292 e. The molecule has 4 heteroatoms. The van der Waals surface area contributed by atoms with Gasteiger partial charge in [-0.15, -0.1) is 0 Å². The van der Waals surface area contributed by atoms with Gasteiger partial charge in [0.05, 0.1) is 22.4 Å². The first-order chi connectivity index (χ1) is 19.9. The highest BCUT2D eigenvalue weighted by atomic mass is 15.1. The van der Waals surface area contributed by atoms with E-state index in [0.717, 1.165) is 55.5 Å². The molecule has 0 atom stereocenters. The van der Waals surface area contributed by atoms with Gasteiger partial charge in [-0.3, -0.25) is 9.13 Å². The van der Waals surface area contributed by atoms with Gasteiger partial charge in [0.2, 0.25) is 0 Å². The quantitative estimate of drug-likeness (QED) is 0.233. The van der Waals surface area contributed by atoms with Crippen molar-refractivity contribution in [3.63, 3.8) is 0 Å². The summed E-state index contributed by atoms with van der Waals surface area (Å²) >= 11 is 0. The Morgan fingerprint density at radius 1 is 0.350 bits per heavy atom. The molecule has 0 fully saturated rings. The van der Waals surface area contributed by atoms with Gasteiger partial charge in [0.1, 0.15) is 11.0 Å². The monoisotopic (exact) mass is 510 g/mol. The van der Waals surface area contributed by atoms with Crippen LogP contribution in [0, 0.1) is 0 Å². The van der Waals surface area contributed by atoms with E-state index >= 15 is 0 Å². The molecule has 0 saturated carbocycles. The van der Waals surface area contributed by atoms with Crippen molar-refractivity contribution in [1.82, 2.24) is 19.1 Å². The Labute approximate surface area is 229 Å². The zero-order valence-corrected chi connectivity index (χ0v) is 21.5. The highest BCUT2D eigenvalue weighted by Gasteiger charge is 2.22. The van der Waals surface area contributed by atoms with E-state index in [2.05, 4.69) is 143 Å². The van der Waals surface area contributed by atoms with Gasteiger partial charge in [0.25, 0.3) is 0 Å². The van der Waals surface area contributed by atoms with E-state index in [1.165, 1.54) is 21.5 Å². The van der Waals surface area contributed by atoms with Crippen LogP contribution in [0.2, 0.25) is 0 Å². The molecule has 9 aromatic rings. The van der Waals surface area contributed by atoms with E-state index in [0.29, 0.717) is 0 Å². The van der Waals surface area contributed by atoms with Crippen molar-refractivity contribution in [3.8, 4) is 11.4 Å². The van der Waals surface area contributed by atoms with Gasteiger partial charge in [-0.25, -0.2) is 9.97 Å². The van der Waals surface area contributed by atoms with E-state index in [9.17, 15) is 0 Å². The van der Waals surface area contributed by atoms with Crippen molar-refractivity contribution < 1.29 is 0 Å². The van der Waals surface area contributed by atoms with Gasteiger partial charge in [-0.1, -0.05) is 109 Å². The lowest BCUT2D eigenvalue weighted by Gasteiger charge is -2.12. The van der Waals surface area contributed by atoms with Crippen LogP contribution in [0.3, 0.4) is 0 Å². The number of aromatic nitrogens is 4. The van der Waals surface area contributed by atoms with Gasteiger partial charge in [-0.05, 0) is 35.0 Å². The second kappa shape index (κ2) is 8.01. The molecular weight excluding hydrogens is 488 g/mol. The fraction of sp³-hybridized carbons (Fsp3) is 0. The molecule has 40 heavy (non-hydrogen) atoms. The molecule has 6 aromatic carbocycles. The summed E-state index contributed by atoms with van der Waals surface area (Å²) in [5, 5.41) is 6.96. The van der Waals surface area contributed by atoms with Crippen LogP contribution in [0.25, 0.3) is 77.1 Å². The molecule has 0 bridgehead atoms. The highest BCUT2D eigenvalue weighted by Crippen LogP contribution is 2.38.